The number of esters is 1. The van der Waals surface area contributed by atoms with Gasteiger partial charge < -0.3 is 15.6 Å². The molecule has 2 fully saturated rings. The fraction of sp³-hybridized carbons (Fsp3) is 0.857. The first-order chi connectivity index (χ1) is 8.65. The van der Waals surface area contributed by atoms with Gasteiger partial charge in [0.2, 0.25) is 0 Å². The van der Waals surface area contributed by atoms with Crippen molar-refractivity contribution in [2.24, 2.45) is 16.6 Å². The van der Waals surface area contributed by atoms with Gasteiger partial charge in [-0.25, -0.2) is 0 Å². The number of ether oxygens (including phenoxy) is 1. The zero-order valence-electron chi connectivity index (χ0n) is 11.9. The zero-order valence-corrected chi connectivity index (χ0v) is 11.9. The van der Waals surface area contributed by atoms with Gasteiger partial charge in [0.1, 0.15) is 11.6 Å². The maximum atomic E-state index is 12.1. The molecule has 2 saturated carbocycles. The maximum absolute atomic E-state index is 12.1. The molecule has 19 heavy (non-hydrogen) atoms. The smallest absolute Gasteiger partial charge is 0.324 e. The average molecular weight is 269 g/mol. The van der Waals surface area contributed by atoms with E-state index in [1.165, 1.54) is 0 Å². The van der Waals surface area contributed by atoms with Crippen LogP contribution in [0.4, 0.5) is 0 Å². The Morgan fingerprint density at radius 1 is 1.26 bits per heavy atom. The van der Waals surface area contributed by atoms with Crippen molar-refractivity contribution in [1.82, 2.24) is 0 Å². The number of hydrogen-bond donors (Lipinski definition) is 2. The largest absolute Gasteiger partial charge is 0.481 e. The van der Waals surface area contributed by atoms with Crippen molar-refractivity contribution in [3.63, 3.8) is 0 Å². The zero-order chi connectivity index (χ0) is 14.5. The van der Waals surface area contributed by atoms with Gasteiger partial charge in [0.25, 0.3) is 0 Å². The van der Waals surface area contributed by atoms with Crippen molar-refractivity contribution in [2.75, 3.05) is 0 Å². The predicted molar refractivity (Wildman–Crippen MR) is 69.4 cm³/mol. The van der Waals surface area contributed by atoms with Crippen LogP contribution in [0.2, 0.25) is 0 Å². The van der Waals surface area contributed by atoms with Crippen LogP contribution in [0.3, 0.4) is 0 Å². The molecule has 0 aromatic carbocycles. The molecule has 0 aromatic heterocycles. The standard InChI is InChI=1S/C14H23NO4/c1-12(2,3)19-10(16)9(15)14(11(17)18)8-13(14)6-4-5-7-13/h9H,4-8,15H2,1-3H3,(H,17,18). The second-order valence-electron chi connectivity index (χ2n) is 6.95. The molecule has 2 aliphatic carbocycles. The summed E-state index contributed by atoms with van der Waals surface area (Å²) in [5.74, 6) is -1.55. The van der Waals surface area contributed by atoms with E-state index < -0.39 is 29.0 Å². The first-order valence-electron chi connectivity index (χ1n) is 6.87. The number of rotatable bonds is 3. The van der Waals surface area contributed by atoms with Crippen LogP contribution >= 0.6 is 0 Å². The second kappa shape index (κ2) is 4.20. The Hall–Kier alpha value is -1.10. The van der Waals surface area contributed by atoms with E-state index in [1.54, 1.807) is 20.8 Å². The summed E-state index contributed by atoms with van der Waals surface area (Å²) in [5.41, 5.74) is 3.94. The van der Waals surface area contributed by atoms with Gasteiger partial charge in [-0.1, -0.05) is 12.8 Å². The van der Waals surface area contributed by atoms with Crippen molar-refractivity contribution in [2.45, 2.75) is 64.5 Å². The molecule has 5 heteroatoms. The quantitative estimate of drug-likeness (QED) is 0.761. The highest BCUT2D eigenvalue weighted by Gasteiger charge is 2.76. The molecule has 2 aliphatic rings. The molecule has 1 spiro atoms. The van der Waals surface area contributed by atoms with Gasteiger partial charge in [0, 0.05) is 0 Å². The molecule has 5 nitrogen and oxygen atoms in total. The van der Waals surface area contributed by atoms with Crippen LogP contribution < -0.4 is 5.73 Å². The molecule has 0 saturated heterocycles. The van der Waals surface area contributed by atoms with E-state index in [9.17, 15) is 14.7 Å². The Bertz CT molecular complexity index is 406. The lowest BCUT2D eigenvalue weighted by Crippen LogP contribution is -2.49. The van der Waals surface area contributed by atoms with E-state index >= 15 is 0 Å². The normalized spacial score (nSPS) is 30.1. The van der Waals surface area contributed by atoms with E-state index in [0.717, 1.165) is 25.7 Å². The molecule has 0 bridgehead atoms. The molecule has 0 radical (unpaired) electrons. The van der Waals surface area contributed by atoms with Gasteiger partial charge in [-0.3, -0.25) is 9.59 Å². The van der Waals surface area contributed by atoms with Crippen LogP contribution in [0.5, 0.6) is 0 Å². The number of carboxylic acids is 1. The van der Waals surface area contributed by atoms with Crippen LogP contribution in [0.1, 0.15) is 52.9 Å². The van der Waals surface area contributed by atoms with Gasteiger partial charge in [0.05, 0.1) is 5.41 Å². The van der Waals surface area contributed by atoms with Crippen LogP contribution in [0.25, 0.3) is 0 Å². The van der Waals surface area contributed by atoms with Crippen molar-refractivity contribution in [3.8, 4) is 0 Å². The molecule has 0 aromatic rings. The van der Waals surface area contributed by atoms with Crippen LogP contribution in [-0.2, 0) is 14.3 Å². The summed E-state index contributed by atoms with van der Waals surface area (Å²) in [5, 5.41) is 9.56. The van der Waals surface area contributed by atoms with Crippen molar-refractivity contribution in [3.05, 3.63) is 0 Å². The molecule has 0 amide bonds. The van der Waals surface area contributed by atoms with Crippen LogP contribution in [0.15, 0.2) is 0 Å². The molecular formula is C14H23NO4. The second-order valence-corrected chi connectivity index (χ2v) is 6.95. The Morgan fingerprint density at radius 3 is 2.21 bits per heavy atom. The summed E-state index contributed by atoms with van der Waals surface area (Å²) < 4.78 is 5.25. The molecule has 0 heterocycles. The fourth-order valence-corrected chi connectivity index (χ4v) is 3.61. The first-order valence-corrected chi connectivity index (χ1v) is 6.87. The fourth-order valence-electron chi connectivity index (χ4n) is 3.61. The molecule has 0 aliphatic heterocycles. The third-order valence-electron chi connectivity index (χ3n) is 4.57. The van der Waals surface area contributed by atoms with Crippen molar-refractivity contribution in [1.29, 1.82) is 0 Å². The van der Waals surface area contributed by atoms with Crippen LogP contribution in [-0.4, -0.2) is 28.7 Å². The summed E-state index contributed by atoms with van der Waals surface area (Å²) in [4.78, 5) is 23.7. The number of carbonyl (C=O) groups excluding carboxylic acids is 1. The van der Waals surface area contributed by atoms with E-state index in [0.29, 0.717) is 6.42 Å². The minimum atomic E-state index is -1.11. The van der Waals surface area contributed by atoms with E-state index in [2.05, 4.69) is 0 Å². The van der Waals surface area contributed by atoms with Gasteiger partial charge in [0.15, 0.2) is 0 Å². The monoisotopic (exact) mass is 269 g/mol. The summed E-state index contributed by atoms with van der Waals surface area (Å²) in [6.45, 7) is 5.26. The topological polar surface area (TPSA) is 89.6 Å². The highest BCUT2D eigenvalue weighted by atomic mass is 16.6. The van der Waals surface area contributed by atoms with Gasteiger partial charge in [-0.2, -0.15) is 0 Å². The summed E-state index contributed by atoms with van der Waals surface area (Å²) in [7, 11) is 0. The van der Waals surface area contributed by atoms with Crippen molar-refractivity contribution >= 4 is 11.9 Å². The summed E-state index contributed by atoms with van der Waals surface area (Å²) in [6, 6.07) is -1.07. The van der Waals surface area contributed by atoms with E-state index in [-0.39, 0.29) is 5.41 Å². The minimum absolute atomic E-state index is 0.269. The number of carboxylic acid groups (broad SMARTS) is 1. The molecule has 3 N–H and O–H groups in total. The summed E-state index contributed by atoms with van der Waals surface area (Å²) >= 11 is 0. The van der Waals surface area contributed by atoms with E-state index in [1.807, 2.05) is 0 Å². The first kappa shape index (κ1) is 14.3. The predicted octanol–water partition coefficient (Wildman–Crippen LogP) is 1.69. The minimum Gasteiger partial charge on any atom is -0.481 e. The Kier molecular flexibility index (Phi) is 3.16. The number of hydrogen-bond acceptors (Lipinski definition) is 4. The number of carbonyl (C=O) groups is 2. The molecule has 108 valence electrons. The lowest BCUT2D eigenvalue weighted by molar-refractivity contribution is -0.164. The Morgan fingerprint density at radius 2 is 1.79 bits per heavy atom. The molecular weight excluding hydrogens is 246 g/mol. The highest BCUT2D eigenvalue weighted by molar-refractivity contribution is 5.90. The van der Waals surface area contributed by atoms with Gasteiger partial charge in [-0.05, 0) is 45.4 Å². The molecule has 2 rings (SSSR count). The van der Waals surface area contributed by atoms with E-state index in [4.69, 9.17) is 10.5 Å². The maximum Gasteiger partial charge on any atom is 0.324 e. The SMILES string of the molecule is CC(C)(C)OC(=O)C(N)C1(C(=O)O)CC12CCCC2. The Labute approximate surface area is 113 Å². The third kappa shape index (κ3) is 2.14. The lowest BCUT2D eigenvalue weighted by Gasteiger charge is -2.27. The number of aliphatic carboxylic acids is 1. The lowest BCUT2D eigenvalue weighted by atomic mass is 9.85. The number of nitrogens with two attached hydrogens (primary N) is 1. The van der Waals surface area contributed by atoms with Crippen LogP contribution in [0, 0.1) is 10.8 Å². The summed E-state index contributed by atoms with van der Waals surface area (Å²) in [6.07, 6.45) is 4.27. The molecule has 2 atom stereocenters. The van der Waals surface area contributed by atoms with Gasteiger partial charge in [-0.15, -0.1) is 0 Å². The molecule has 2 unspecified atom stereocenters. The van der Waals surface area contributed by atoms with Crippen molar-refractivity contribution < 1.29 is 19.4 Å². The Balaban J connectivity index is 2.18. The third-order valence-corrected chi connectivity index (χ3v) is 4.57. The highest BCUT2D eigenvalue weighted by Crippen LogP contribution is 2.73. The average Bonchev–Trinajstić information content (AvgIpc) is 2.65. The van der Waals surface area contributed by atoms with Gasteiger partial charge >= 0.3 is 11.9 Å².